The van der Waals surface area contributed by atoms with Crippen LogP contribution < -0.4 is 5.32 Å². The molecule has 16 heavy (non-hydrogen) atoms. The van der Waals surface area contributed by atoms with Crippen molar-refractivity contribution in [1.82, 2.24) is 10.2 Å². The van der Waals surface area contributed by atoms with Crippen LogP contribution in [0.4, 0.5) is 0 Å². The normalized spacial score (nSPS) is 25.6. The highest BCUT2D eigenvalue weighted by molar-refractivity contribution is 4.93. The molecule has 0 aromatic heterocycles. The highest BCUT2D eigenvalue weighted by Gasteiger charge is 2.37. The lowest BCUT2D eigenvalue weighted by Crippen LogP contribution is -2.43. The molecule has 1 aliphatic heterocycles. The average Bonchev–Trinajstić information content (AvgIpc) is 2.68. The average molecular weight is 226 g/mol. The predicted octanol–water partition coefficient (Wildman–Crippen LogP) is 1.10. The van der Waals surface area contributed by atoms with Gasteiger partial charge in [-0.15, -0.1) is 6.58 Å². The molecule has 0 radical (unpaired) electrons. The predicted molar refractivity (Wildman–Crippen MR) is 68.5 cm³/mol. The van der Waals surface area contributed by atoms with Gasteiger partial charge < -0.3 is 10.4 Å². The number of hydrogen-bond donors (Lipinski definition) is 2. The van der Waals surface area contributed by atoms with Gasteiger partial charge in [0, 0.05) is 26.2 Å². The summed E-state index contributed by atoms with van der Waals surface area (Å²) in [7, 11) is 0. The second-order valence-corrected chi connectivity index (χ2v) is 5.19. The first kappa shape index (κ1) is 13.7. The van der Waals surface area contributed by atoms with E-state index in [-0.39, 0.29) is 6.61 Å². The quantitative estimate of drug-likeness (QED) is 0.638. The van der Waals surface area contributed by atoms with Crippen LogP contribution >= 0.6 is 0 Å². The van der Waals surface area contributed by atoms with Crippen LogP contribution in [0.15, 0.2) is 12.7 Å². The van der Waals surface area contributed by atoms with Crippen LogP contribution in [0.25, 0.3) is 0 Å². The first-order valence-corrected chi connectivity index (χ1v) is 6.29. The SMILES string of the molecule is C=CCN(CCO)CC1(C(C)C)CCNC1. The molecule has 1 aliphatic rings. The molecule has 0 aromatic rings. The molecule has 3 heteroatoms. The summed E-state index contributed by atoms with van der Waals surface area (Å²) < 4.78 is 0. The van der Waals surface area contributed by atoms with E-state index < -0.39 is 0 Å². The summed E-state index contributed by atoms with van der Waals surface area (Å²) in [5.74, 6) is 0.675. The van der Waals surface area contributed by atoms with Gasteiger partial charge in [-0.05, 0) is 24.3 Å². The maximum Gasteiger partial charge on any atom is 0.0558 e. The summed E-state index contributed by atoms with van der Waals surface area (Å²) in [5.41, 5.74) is 0.373. The molecule has 0 bridgehead atoms. The van der Waals surface area contributed by atoms with Gasteiger partial charge in [0.2, 0.25) is 0 Å². The minimum atomic E-state index is 0.232. The summed E-state index contributed by atoms with van der Waals surface area (Å²) in [4.78, 5) is 2.31. The molecule has 1 unspecified atom stereocenters. The van der Waals surface area contributed by atoms with Gasteiger partial charge in [-0.3, -0.25) is 4.90 Å². The molecule has 94 valence electrons. The Kier molecular flexibility index (Phi) is 5.46. The lowest BCUT2D eigenvalue weighted by atomic mass is 9.76. The lowest BCUT2D eigenvalue weighted by molar-refractivity contribution is 0.109. The van der Waals surface area contributed by atoms with E-state index in [4.69, 9.17) is 5.11 Å². The molecule has 2 N–H and O–H groups in total. The fourth-order valence-corrected chi connectivity index (χ4v) is 2.58. The van der Waals surface area contributed by atoms with E-state index in [2.05, 4.69) is 30.6 Å². The van der Waals surface area contributed by atoms with Gasteiger partial charge in [-0.2, -0.15) is 0 Å². The minimum Gasteiger partial charge on any atom is -0.395 e. The van der Waals surface area contributed by atoms with Crippen LogP contribution in [0.2, 0.25) is 0 Å². The molecule has 1 heterocycles. The summed E-state index contributed by atoms with van der Waals surface area (Å²) in [5, 5.41) is 12.5. The van der Waals surface area contributed by atoms with Crippen LogP contribution in [0, 0.1) is 11.3 Å². The van der Waals surface area contributed by atoms with Crippen molar-refractivity contribution in [3.63, 3.8) is 0 Å². The monoisotopic (exact) mass is 226 g/mol. The van der Waals surface area contributed by atoms with E-state index in [0.717, 1.165) is 32.7 Å². The first-order chi connectivity index (χ1) is 7.64. The fourth-order valence-electron chi connectivity index (χ4n) is 2.58. The second-order valence-electron chi connectivity index (χ2n) is 5.19. The highest BCUT2D eigenvalue weighted by atomic mass is 16.3. The maximum absolute atomic E-state index is 9.07. The zero-order chi connectivity index (χ0) is 12.0. The van der Waals surface area contributed by atoms with Gasteiger partial charge in [0.1, 0.15) is 0 Å². The van der Waals surface area contributed by atoms with Crippen molar-refractivity contribution in [2.24, 2.45) is 11.3 Å². The second kappa shape index (κ2) is 6.38. The Labute approximate surface area is 99.5 Å². The van der Waals surface area contributed by atoms with E-state index in [1.54, 1.807) is 0 Å². The van der Waals surface area contributed by atoms with Crippen molar-refractivity contribution in [3.05, 3.63) is 12.7 Å². The van der Waals surface area contributed by atoms with E-state index in [0.29, 0.717) is 11.3 Å². The number of aliphatic hydroxyl groups excluding tert-OH is 1. The first-order valence-electron chi connectivity index (χ1n) is 6.29. The molecule has 0 spiro atoms. The molecule has 0 saturated carbocycles. The number of hydrogen-bond acceptors (Lipinski definition) is 3. The van der Waals surface area contributed by atoms with E-state index >= 15 is 0 Å². The molecule has 1 saturated heterocycles. The highest BCUT2D eigenvalue weighted by Crippen LogP contribution is 2.34. The van der Waals surface area contributed by atoms with Gasteiger partial charge in [0.05, 0.1) is 6.61 Å². The summed E-state index contributed by atoms with van der Waals surface area (Å²) >= 11 is 0. The van der Waals surface area contributed by atoms with Crippen molar-refractivity contribution < 1.29 is 5.11 Å². The zero-order valence-electron chi connectivity index (χ0n) is 10.7. The maximum atomic E-state index is 9.07. The largest absolute Gasteiger partial charge is 0.395 e. The van der Waals surface area contributed by atoms with Crippen molar-refractivity contribution in [2.45, 2.75) is 20.3 Å². The van der Waals surface area contributed by atoms with E-state index in [1.165, 1.54) is 6.42 Å². The van der Waals surface area contributed by atoms with Crippen molar-refractivity contribution in [3.8, 4) is 0 Å². The lowest BCUT2D eigenvalue weighted by Gasteiger charge is -2.37. The number of rotatable bonds is 7. The number of nitrogens with one attached hydrogen (secondary N) is 1. The molecular formula is C13H26N2O. The Balaban J connectivity index is 2.61. The van der Waals surface area contributed by atoms with Gasteiger partial charge in [0.25, 0.3) is 0 Å². The fraction of sp³-hybridized carbons (Fsp3) is 0.846. The molecule has 0 aliphatic carbocycles. The Hall–Kier alpha value is -0.380. The summed E-state index contributed by atoms with van der Waals surface area (Å²) in [6, 6.07) is 0. The molecular weight excluding hydrogens is 200 g/mol. The van der Waals surface area contributed by atoms with Gasteiger partial charge in [-0.1, -0.05) is 19.9 Å². The Morgan fingerprint density at radius 2 is 2.31 bits per heavy atom. The van der Waals surface area contributed by atoms with Gasteiger partial charge in [-0.25, -0.2) is 0 Å². The Morgan fingerprint density at radius 3 is 2.75 bits per heavy atom. The van der Waals surface area contributed by atoms with Gasteiger partial charge in [0.15, 0.2) is 0 Å². The molecule has 1 atom stereocenters. The van der Waals surface area contributed by atoms with Crippen LogP contribution in [0.3, 0.4) is 0 Å². The number of nitrogens with zero attached hydrogens (tertiary/aromatic N) is 1. The van der Waals surface area contributed by atoms with Crippen molar-refractivity contribution in [2.75, 3.05) is 39.3 Å². The molecule has 1 rings (SSSR count). The molecule has 0 aromatic carbocycles. The summed E-state index contributed by atoms with van der Waals surface area (Å²) in [6.45, 7) is 13.5. The smallest absolute Gasteiger partial charge is 0.0558 e. The topological polar surface area (TPSA) is 35.5 Å². The standard InChI is InChI=1S/C13H26N2O/c1-4-7-15(8-9-16)11-13(12(2)3)5-6-14-10-13/h4,12,14,16H,1,5-11H2,2-3H3. The molecule has 0 amide bonds. The van der Waals surface area contributed by atoms with Gasteiger partial charge >= 0.3 is 0 Å². The molecule has 1 fully saturated rings. The zero-order valence-corrected chi connectivity index (χ0v) is 10.7. The third-order valence-electron chi connectivity index (χ3n) is 3.84. The van der Waals surface area contributed by atoms with Crippen LogP contribution in [0.1, 0.15) is 20.3 Å². The molecule has 3 nitrogen and oxygen atoms in total. The minimum absolute atomic E-state index is 0.232. The van der Waals surface area contributed by atoms with Crippen molar-refractivity contribution in [1.29, 1.82) is 0 Å². The van der Waals surface area contributed by atoms with Crippen LogP contribution in [-0.4, -0.2) is 49.3 Å². The van der Waals surface area contributed by atoms with Crippen LogP contribution in [0.5, 0.6) is 0 Å². The van der Waals surface area contributed by atoms with Crippen molar-refractivity contribution >= 4 is 0 Å². The third kappa shape index (κ3) is 3.30. The van der Waals surface area contributed by atoms with Crippen LogP contribution in [-0.2, 0) is 0 Å². The Bertz CT molecular complexity index is 210. The summed E-state index contributed by atoms with van der Waals surface area (Å²) in [6.07, 6.45) is 3.16. The third-order valence-corrected chi connectivity index (χ3v) is 3.84. The van der Waals surface area contributed by atoms with E-state index in [1.807, 2.05) is 6.08 Å². The van der Waals surface area contributed by atoms with E-state index in [9.17, 15) is 0 Å². The number of aliphatic hydroxyl groups is 1. The Morgan fingerprint density at radius 1 is 1.56 bits per heavy atom.